The minimum atomic E-state index is -4.06. The van der Waals surface area contributed by atoms with Gasteiger partial charge < -0.3 is 9.45 Å². The van der Waals surface area contributed by atoms with Crippen molar-refractivity contribution >= 4 is 10.1 Å². The van der Waals surface area contributed by atoms with Crippen LogP contribution >= 0.6 is 0 Å². The molecular weight excluding hydrogens is 266 g/mol. The summed E-state index contributed by atoms with van der Waals surface area (Å²) in [7, 11) is -4.06. The molecule has 1 heterocycles. The average Bonchev–Trinajstić information content (AvgIpc) is 2.06. The summed E-state index contributed by atoms with van der Waals surface area (Å²) in [6, 6.07) is 0. The average molecular weight is 280 g/mol. The first-order chi connectivity index (χ1) is 6.49. The van der Waals surface area contributed by atoms with Crippen molar-refractivity contribution in [3.8, 4) is 0 Å². The van der Waals surface area contributed by atoms with Gasteiger partial charge in [0.05, 0.1) is 10.1 Å². The zero-order chi connectivity index (χ0) is 10.6. The zero-order valence-electron chi connectivity index (χ0n) is 8.44. The Hall–Kier alpha value is -0.291. The molecule has 4 nitrogen and oxygen atoms in total. The maximum absolute atomic E-state index is 10.4. The van der Waals surface area contributed by atoms with Gasteiger partial charge in [-0.3, -0.25) is 0 Å². The van der Waals surface area contributed by atoms with Crippen LogP contribution in [0.5, 0.6) is 0 Å². The molecule has 0 aliphatic carbocycles. The van der Waals surface area contributed by atoms with E-state index in [1.54, 1.807) is 0 Å². The monoisotopic (exact) mass is 279 g/mol. The van der Waals surface area contributed by atoms with Crippen LogP contribution in [0.15, 0.2) is 23.9 Å². The molecule has 6 heteroatoms. The summed E-state index contributed by atoms with van der Waals surface area (Å²) in [5, 5.41) is 0. The largest absolute Gasteiger partial charge is 1.00 e. The van der Waals surface area contributed by atoms with Crippen molar-refractivity contribution in [1.82, 2.24) is 4.90 Å². The minimum Gasteiger partial charge on any atom is -0.748 e. The van der Waals surface area contributed by atoms with Gasteiger partial charge in [-0.05, 0) is 19.4 Å². The van der Waals surface area contributed by atoms with Crippen LogP contribution in [0.2, 0.25) is 0 Å². The smallest absolute Gasteiger partial charge is 0.748 e. The van der Waals surface area contributed by atoms with E-state index in [4.69, 9.17) is 0 Å². The molecule has 0 aromatic rings. The van der Waals surface area contributed by atoms with Gasteiger partial charge in [-0.2, -0.15) is 0 Å². The van der Waals surface area contributed by atoms with Crippen molar-refractivity contribution in [3.05, 3.63) is 23.9 Å². The predicted octanol–water partition coefficient (Wildman–Crippen LogP) is 0.695. The molecule has 0 saturated carbocycles. The summed E-state index contributed by atoms with van der Waals surface area (Å²) in [5.41, 5.74) is 1.11. The Morgan fingerprint density at radius 3 is 2.73 bits per heavy atom. The van der Waals surface area contributed by atoms with Crippen LogP contribution < -0.4 is 0 Å². The number of hydrogen-bond acceptors (Lipinski definition) is 4. The van der Waals surface area contributed by atoms with Crippen molar-refractivity contribution < 1.29 is 30.0 Å². The van der Waals surface area contributed by atoms with E-state index in [0.29, 0.717) is 13.0 Å². The molecule has 1 aliphatic heterocycles. The minimum absolute atomic E-state index is 0. The number of rotatable bonds is 4. The van der Waals surface area contributed by atoms with E-state index in [1.807, 2.05) is 30.1 Å². The molecule has 0 fully saturated rings. The van der Waals surface area contributed by atoms with Gasteiger partial charge in [-0.25, -0.2) is 8.42 Å². The Balaban J connectivity index is 0.00000196. The molecule has 0 radical (unpaired) electrons. The van der Waals surface area contributed by atoms with Gasteiger partial charge >= 0.3 is 17.1 Å². The van der Waals surface area contributed by atoms with Gasteiger partial charge in [0.2, 0.25) is 0 Å². The molecular formula is C9H14CuNO3S. The fourth-order valence-corrected chi connectivity index (χ4v) is 1.83. The normalized spacial score (nSPS) is 15.9. The maximum Gasteiger partial charge on any atom is 1.00 e. The fourth-order valence-electron chi connectivity index (χ4n) is 1.34. The second-order valence-electron chi connectivity index (χ2n) is 3.30. The molecule has 0 N–H and O–H groups in total. The Morgan fingerprint density at radius 1 is 1.53 bits per heavy atom. The molecule has 1 aliphatic rings. The van der Waals surface area contributed by atoms with Crippen LogP contribution in [-0.4, -0.2) is 36.7 Å². The van der Waals surface area contributed by atoms with Crippen LogP contribution in [0.25, 0.3) is 0 Å². The first kappa shape index (κ1) is 14.7. The van der Waals surface area contributed by atoms with E-state index in [1.165, 1.54) is 0 Å². The summed E-state index contributed by atoms with van der Waals surface area (Å²) >= 11 is 0. The van der Waals surface area contributed by atoms with E-state index < -0.39 is 10.1 Å². The molecule has 0 aromatic heterocycles. The summed E-state index contributed by atoms with van der Waals surface area (Å²) in [4.78, 5) is 2.05. The number of hydrogen-bond donors (Lipinski definition) is 0. The van der Waals surface area contributed by atoms with Crippen LogP contribution in [-0.2, 0) is 27.2 Å². The number of allylic oxidation sites excluding steroid dienone is 3. The van der Waals surface area contributed by atoms with Gasteiger partial charge in [-0.1, -0.05) is 12.2 Å². The van der Waals surface area contributed by atoms with E-state index >= 15 is 0 Å². The topological polar surface area (TPSA) is 60.4 Å². The third-order valence-corrected chi connectivity index (χ3v) is 2.91. The molecule has 0 spiro atoms. The first-order valence-corrected chi connectivity index (χ1v) is 6.09. The molecule has 0 amide bonds. The first-order valence-electron chi connectivity index (χ1n) is 4.51. The van der Waals surface area contributed by atoms with Crippen LogP contribution in [0.4, 0.5) is 0 Å². The predicted molar refractivity (Wildman–Crippen MR) is 53.7 cm³/mol. The van der Waals surface area contributed by atoms with E-state index in [0.717, 1.165) is 12.2 Å². The quantitative estimate of drug-likeness (QED) is 0.561. The summed E-state index contributed by atoms with van der Waals surface area (Å²) in [5.74, 6) is -0.277. The molecule has 0 unspecified atom stereocenters. The van der Waals surface area contributed by atoms with E-state index in [2.05, 4.69) is 0 Å². The third-order valence-electron chi connectivity index (χ3n) is 2.12. The van der Waals surface area contributed by atoms with Gasteiger partial charge in [-0.15, -0.1) is 0 Å². The molecule has 0 saturated heterocycles. The van der Waals surface area contributed by atoms with Gasteiger partial charge in [0, 0.05) is 24.5 Å². The fraction of sp³-hybridized carbons (Fsp3) is 0.556. The van der Waals surface area contributed by atoms with Crippen LogP contribution in [0.3, 0.4) is 0 Å². The number of nitrogens with zero attached hydrogens (tertiary/aromatic N) is 1. The third kappa shape index (κ3) is 5.99. The van der Waals surface area contributed by atoms with Crippen molar-refractivity contribution in [2.75, 3.05) is 18.8 Å². The zero-order valence-corrected chi connectivity index (χ0v) is 10.2. The Labute approximate surface area is 101 Å². The summed E-state index contributed by atoms with van der Waals surface area (Å²) in [6.07, 6.45) is 6.33. The summed E-state index contributed by atoms with van der Waals surface area (Å²) < 4.78 is 31.1. The molecule has 15 heavy (non-hydrogen) atoms. The Kier molecular flexibility index (Phi) is 6.20. The van der Waals surface area contributed by atoms with Crippen LogP contribution in [0, 0.1) is 0 Å². The molecule has 0 aromatic carbocycles. The molecule has 1 rings (SSSR count). The standard InChI is InChI=1S/C9H15NO3S.Cu/c1-9-5-2-3-6-10(9)7-4-8-14(11,12)13;/h2-3,5H,4,6-8H2,1H3,(H,11,12,13);/q;+1/p-1. The maximum atomic E-state index is 10.4. The van der Waals surface area contributed by atoms with Gasteiger partial charge in [0.25, 0.3) is 0 Å². The SMILES string of the molecule is CC1=CC=CCN1CCCS(=O)(=O)[O-].[Cu+]. The second-order valence-corrected chi connectivity index (χ2v) is 4.82. The molecule has 0 bridgehead atoms. The van der Waals surface area contributed by atoms with E-state index in [9.17, 15) is 13.0 Å². The Bertz CT molecular complexity index is 348. The second kappa shape index (κ2) is 6.33. The summed E-state index contributed by atoms with van der Waals surface area (Å²) in [6.45, 7) is 3.38. The van der Waals surface area contributed by atoms with Crippen molar-refractivity contribution in [3.63, 3.8) is 0 Å². The molecule has 90 valence electrons. The van der Waals surface area contributed by atoms with Crippen molar-refractivity contribution in [1.29, 1.82) is 0 Å². The van der Waals surface area contributed by atoms with Crippen LogP contribution in [0.1, 0.15) is 13.3 Å². The van der Waals surface area contributed by atoms with Crippen molar-refractivity contribution in [2.24, 2.45) is 0 Å². The van der Waals surface area contributed by atoms with E-state index in [-0.39, 0.29) is 22.8 Å². The van der Waals surface area contributed by atoms with Gasteiger partial charge in [0.15, 0.2) is 0 Å². The van der Waals surface area contributed by atoms with Gasteiger partial charge in [0.1, 0.15) is 0 Å². The molecule has 0 atom stereocenters. The Morgan fingerprint density at radius 2 is 2.20 bits per heavy atom. The van der Waals surface area contributed by atoms with Crippen molar-refractivity contribution in [2.45, 2.75) is 13.3 Å².